The summed E-state index contributed by atoms with van der Waals surface area (Å²) in [6.07, 6.45) is -0.375. The summed E-state index contributed by atoms with van der Waals surface area (Å²) in [5.74, 6) is -3.00. The third-order valence-corrected chi connectivity index (χ3v) is 9.29. The molecule has 0 aliphatic rings. The Morgan fingerprint density at radius 2 is 1.59 bits per heavy atom. The molecule has 34 heavy (non-hydrogen) atoms. The van der Waals surface area contributed by atoms with Crippen LogP contribution in [0.5, 0.6) is 0 Å². The standard InChI is InChI=1S/C27H26BrF2INOSi/c1-26(2,3)18-9-12-21(13-10-18)34(20-7-5-4-6-8-20)33-17-27(29,30)16-23-22-14-11-19(28)15-24(22)32-25(23)31/h4-15,32H,16-17H2,1-3H3. The lowest BCUT2D eigenvalue weighted by Crippen LogP contribution is -2.47. The van der Waals surface area contributed by atoms with Crippen LogP contribution in [-0.2, 0) is 16.3 Å². The molecular formula is C27H26BrF2INOSi. The highest BCUT2D eigenvalue weighted by atomic mass is 127. The van der Waals surface area contributed by atoms with E-state index < -0.39 is 21.6 Å². The number of fused-ring (bicyclic) bond motifs is 1. The second-order valence-corrected chi connectivity index (χ2v) is 13.5. The summed E-state index contributed by atoms with van der Waals surface area (Å²) < 4.78 is 38.2. The quantitative estimate of drug-likeness (QED) is 0.172. The molecule has 1 radical (unpaired) electrons. The highest BCUT2D eigenvalue weighted by Gasteiger charge is 2.34. The molecule has 2 nitrogen and oxygen atoms in total. The number of nitrogens with one attached hydrogen (secondary N) is 1. The normalized spacial score (nSPS) is 12.6. The molecule has 4 aromatic rings. The van der Waals surface area contributed by atoms with E-state index in [9.17, 15) is 0 Å². The third kappa shape index (κ3) is 5.98. The number of hydrogen-bond donors (Lipinski definition) is 1. The highest BCUT2D eigenvalue weighted by Crippen LogP contribution is 2.31. The first-order valence-corrected chi connectivity index (χ1v) is 14.3. The van der Waals surface area contributed by atoms with E-state index in [0.717, 1.165) is 29.4 Å². The Bertz CT molecular complexity index is 1270. The Morgan fingerprint density at radius 1 is 0.941 bits per heavy atom. The van der Waals surface area contributed by atoms with E-state index in [1.807, 2.05) is 60.7 Å². The fourth-order valence-electron chi connectivity index (χ4n) is 3.90. The van der Waals surface area contributed by atoms with Crippen LogP contribution in [-0.4, -0.2) is 26.6 Å². The van der Waals surface area contributed by atoms with Crippen molar-refractivity contribution in [2.75, 3.05) is 6.61 Å². The van der Waals surface area contributed by atoms with Gasteiger partial charge in [-0.15, -0.1) is 0 Å². The summed E-state index contributed by atoms with van der Waals surface area (Å²) in [7, 11) is -1.83. The van der Waals surface area contributed by atoms with Gasteiger partial charge in [0.25, 0.3) is 15.0 Å². The van der Waals surface area contributed by atoms with E-state index >= 15 is 8.78 Å². The van der Waals surface area contributed by atoms with Crippen LogP contribution in [0.25, 0.3) is 10.9 Å². The van der Waals surface area contributed by atoms with Crippen molar-refractivity contribution in [1.82, 2.24) is 4.98 Å². The van der Waals surface area contributed by atoms with Gasteiger partial charge in [0.15, 0.2) is 0 Å². The lowest BCUT2D eigenvalue weighted by atomic mass is 9.87. The Labute approximate surface area is 223 Å². The minimum Gasteiger partial charge on any atom is -0.401 e. The van der Waals surface area contributed by atoms with E-state index in [2.05, 4.69) is 76.4 Å². The van der Waals surface area contributed by atoms with Crippen molar-refractivity contribution in [2.45, 2.75) is 38.5 Å². The fourth-order valence-corrected chi connectivity index (χ4v) is 7.02. The number of H-pyrrole nitrogens is 1. The lowest BCUT2D eigenvalue weighted by molar-refractivity contribution is -0.0399. The minimum atomic E-state index is -3.00. The van der Waals surface area contributed by atoms with Crippen molar-refractivity contribution in [3.63, 3.8) is 0 Å². The monoisotopic (exact) mass is 652 g/mol. The molecule has 177 valence electrons. The molecule has 0 fully saturated rings. The van der Waals surface area contributed by atoms with Gasteiger partial charge in [0.1, 0.15) is 0 Å². The maximum atomic E-state index is 15.3. The topological polar surface area (TPSA) is 25.0 Å². The van der Waals surface area contributed by atoms with E-state index in [4.69, 9.17) is 4.43 Å². The van der Waals surface area contributed by atoms with Crippen molar-refractivity contribution >= 4 is 68.8 Å². The second-order valence-electron chi connectivity index (χ2n) is 9.45. The van der Waals surface area contributed by atoms with Gasteiger partial charge in [-0.2, -0.15) is 0 Å². The van der Waals surface area contributed by atoms with Gasteiger partial charge in [-0.05, 0) is 61.6 Å². The van der Waals surface area contributed by atoms with Gasteiger partial charge in [-0.3, -0.25) is 0 Å². The van der Waals surface area contributed by atoms with Crippen LogP contribution in [0.4, 0.5) is 8.78 Å². The Hall–Kier alpha value is -1.55. The van der Waals surface area contributed by atoms with Crippen LogP contribution >= 0.6 is 38.5 Å². The first-order valence-electron chi connectivity index (χ1n) is 11.0. The van der Waals surface area contributed by atoms with Crippen molar-refractivity contribution in [2.24, 2.45) is 0 Å². The predicted molar refractivity (Wildman–Crippen MR) is 150 cm³/mol. The number of hydrogen-bond acceptors (Lipinski definition) is 1. The molecule has 4 rings (SSSR count). The zero-order chi connectivity index (χ0) is 24.5. The summed E-state index contributed by atoms with van der Waals surface area (Å²) in [6.45, 7) is 5.85. The Morgan fingerprint density at radius 3 is 2.24 bits per heavy atom. The van der Waals surface area contributed by atoms with Crippen molar-refractivity contribution in [3.05, 3.63) is 92.1 Å². The van der Waals surface area contributed by atoms with Gasteiger partial charge >= 0.3 is 0 Å². The van der Waals surface area contributed by atoms with E-state index in [-0.39, 0.29) is 11.8 Å². The number of benzene rings is 3. The first kappa shape index (κ1) is 25.5. The molecule has 7 heteroatoms. The molecule has 0 atom stereocenters. The number of rotatable bonds is 7. The molecule has 1 heterocycles. The van der Waals surface area contributed by atoms with Crippen LogP contribution in [0.3, 0.4) is 0 Å². The first-order chi connectivity index (χ1) is 16.0. The Kier molecular flexibility index (Phi) is 7.66. The molecule has 0 saturated carbocycles. The molecule has 0 amide bonds. The minimum absolute atomic E-state index is 0.0259. The average Bonchev–Trinajstić information content (AvgIpc) is 3.07. The van der Waals surface area contributed by atoms with Gasteiger partial charge < -0.3 is 9.41 Å². The van der Waals surface area contributed by atoms with Crippen molar-refractivity contribution < 1.29 is 13.2 Å². The van der Waals surface area contributed by atoms with Crippen LogP contribution in [0.2, 0.25) is 0 Å². The van der Waals surface area contributed by atoms with Crippen molar-refractivity contribution in [3.8, 4) is 0 Å². The zero-order valence-corrected chi connectivity index (χ0v) is 24.0. The molecule has 1 aromatic heterocycles. The number of alkyl halides is 2. The summed E-state index contributed by atoms with van der Waals surface area (Å²) >= 11 is 5.54. The van der Waals surface area contributed by atoms with Gasteiger partial charge in [-0.25, -0.2) is 8.78 Å². The lowest BCUT2D eigenvalue weighted by Gasteiger charge is -2.23. The molecule has 0 bridgehead atoms. The summed E-state index contributed by atoms with van der Waals surface area (Å²) in [5.41, 5.74) is 2.70. The maximum absolute atomic E-state index is 15.3. The highest BCUT2D eigenvalue weighted by molar-refractivity contribution is 14.1. The van der Waals surface area contributed by atoms with Crippen LogP contribution < -0.4 is 10.4 Å². The Balaban J connectivity index is 1.57. The number of aromatic nitrogens is 1. The molecular weight excluding hydrogens is 627 g/mol. The van der Waals surface area contributed by atoms with Gasteiger partial charge in [-0.1, -0.05) is 97.4 Å². The van der Waals surface area contributed by atoms with Gasteiger partial charge in [0.05, 0.1) is 10.3 Å². The molecule has 1 N–H and O–H groups in total. The summed E-state index contributed by atoms with van der Waals surface area (Å²) in [5, 5.41) is 2.74. The van der Waals surface area contributed by atoms with E-state index in [1.165, 1.54) is 5.56 Å². The largest absolute Gasteiger partial charge is 0.401 e. The molecule has 0 spiro atoms. The summed E-state index contributed by atoms with van der Waals surface area (Å²) in [6, 6.07) is 23.6. The summed E-state index contributed by atoms with van der Waals surface area (Å²) in [4.78, 5) is 3.21. The van der Waals surface area contributed by atoms with Crippen molar-refractivity contribution in [1.29, 1.82) is 0 Å². The number of aromatic amines is 1. The van der Waals surface area contributed by atoms with Crippen LogP contribution in [0.15, 0.2) is 77.3 Å². The fraction of sp³-hybridized carbons (Fsp3) is 0.259. The van der Waals surface area contributed by atoms with Gasteiger partial charge in [0.2, 0.25) is 0 Å². The zero-order valence-electron chi connectivity index (χ0n) is 19.3. The van der Waals surface area contributed by atoms with E-state index in [0.29, 0.717) is 5.56 Å². The SMILES string of the molecule is CC(C)(C)c1ccc([Si](OCC(F)(F)Cc2c(I)[nH]c3cc(Br)ccc23)c2ccccc2)cc1. The third-order valence-electron chi connectivity index (χ3n) is 5.73. The smallest absolute Gasteiger partial charge is 0.283 e. The molecule has 0 aliphatic carbocycles. The van der Waals surface area contributed by atoms with Gasteiger partial charge in [0, 0.05) is 21.8 Å². The van der Waals surface area contributed by atoms with Crippen LogP contribution in [0.1, 0.15) is 31.9 Å². The predicted octanol–water partition coefficient (Wildman–Crippen LogP) is 6.83. The molecule has 0 unspecified atom stereocenters. The number of halogens is 4. The molecule has 3 aromatic carbocycles. The van der Waals surface area contributed by atoms with E-state index in [1.54, 1.807) is 0 Å². The second kappa shape index (κ2) is 10.2. The average molecular weight is 653 g/mol. The maximum Gasteiger partial charge on any atom is 0.283 e. The molecule has 0 aliphatic heterocycles. The van der Waals surface area contributed by atoms with Crippen LogP contribution in [0, 0.1) is 3.70 Å². The molecule has 0 saturated heterocycles.